The maximum Gasteiger partial charge on any atom is 0.123 e. The molecule has 2 N–H and O–H groups in total. The molecule has 0 amide bonds. The van der Waals surface area contributed by atoms with Gasteiger partial charge in [0.25, 0.3) is 0 Å². The predicted molar refractivity (Wildman–Crippen MR) is 74.8 cm³/mol. The Kier molecular flexibility index (Phi) is 4.61. The van der Waals surface area contributed by atoms with Gasteiger partial charge in [-0.3, -0.25) is 0 Å². The van der Waals surface area contributed by atoms with Crippen LogP contribution < -0.4 is 10.5 Å². The van der Waals surface area contributed by atoms with Gasteiger partial charge in [0, 0.05) is 24.7 Å². The molecule has 1 fully saturated rings. The van der Waals surface area contributed by atoms with Gasteiger partial charge in [-0.1, -0.05) is 24.6 Å². The van der Waals surface area contributed by atoms with Crippen LogP contribution in [0.4, 0.5) is 0 Å². The molecule has 0 heterocycles. The molecule has 0 saturated heterocycles. The Hall–Kier alpha value is -1.06. The minimum absolute atomic E-state index is 0.0197. The van der Waals surface area contributed by atoms with E-state index in [1.54, 1.807) is 7.11 Å². The molecule has 2 rings (SSSR count). The van der Waals surface area contributed by atoms with E-state index in [1.165, 1.54) is 25.8 Å². The molecule has 0 bridgehead atoms. The van der Waals surface area contributed by atoms with Gasteiger partial charge in [0.1, 0.15) is 5.75 Å². The highest BCUT2D eigenvalue weighted by Crippen LogP contribution is 2.28. The summed E-state index contributed by atoms with van der Waals surface area (Å²) in [6, 6.07) is 8.05. The van der Waals surface area contributed by atoms with E-state index in [1.807, 2.05) is 18.2 Å². The van der Waals surface area contributed by atoms with E-state index >= 15 is 0 Å². The first kappa shape index (κ1) is 13.4. The molecule has 0 spiro atoms. The zero-order chi connectivity index (χ0) is 13.0. The topological polar surface area (TPSA) is 38.5 Å². The van der Waals surface area contributed by atoms with Gasteiger partial charge in [-0.2, -0.15) is 0 Å². The second-order valence-corrected chi connectivity index (χ2v) is 5.37. The molecular formula is C15H24N2O. The van der Waals surface area contributed by atoms with Crippen LogP contribution in [0.5, 0.6) is 5.75 Å². The normalized spacial score (nSPS) is 17.6. The van der Waals surface area contributed by atoms with Gasteiger partial charge in [0.05, 0.1) is 7.11 Å². The zero-order valence-corrected chi connectivity index (χ0v) is 11.4. The van der Waals surface area contributed by atoms with Gasteiger partial charge in [0.15, 0.2) is 0 Å². The highest BCUT2D eigenvalue weighted by Gasteiger charge is 2.20. The average Bonchev–Trinajstić information content (AvgIpc) is 2.33. The minimum Gasteiger partial charge on any atom is -0.496 e. The van der Waals surface area contributed by atoms with Crippen molar-refractivity contribution in [3.63, 3.8) is 0 Å². The molecule has 100 valence electrons. The Morgan fingerprint density at radius 1 is 1.39 bits per heavy atom. The molecule has 1 unspecified atom stereocenters. The molecule has 3 heteroatoms. The third-order valence-corrected chi connectivity index (χ3v) is 3.84. The van der Waals surface area contributed by atoms with Crippen LogP contribution >= 0.6 is 0 Å². The second kappa shape index (κ2) is 6.21. The molecule has 0 aromatic heterocycles. The molecule has 1 aromatic rings. The lowest BCUT2D eigenvalue weighted by atomic mass is 9.85. The lowest BCUT2D eigenvalue weighted by Crippen LogP contribution is -2.34. The number of nitrogens with zero attached hydrogens (tertiary/aromatic N) is 1. The maximum absolute atomic E-state index is 6.29. The molecule has 0 aliphatic heterocycles. The Morgan fingerprint density at radius 2 is 2.11 bits per heavy atom. The van der Waals surface area contributed by atoms with Gasteiger partial charge in [-0.05, 0) is 31.9 Å². The van der Waals surface area contributed by atoms with Crippen molar-refractivity contribution in [1.29, 1.82) is 0 Å². The van der Waals surface area contributed by atoms with Crippen LogP contribution in [-0.4, -0.2) is 32.1 Å². The average molecular weight is 248 g/mol. The van der Waals surface area contributed by atoms with Crippen molar-refractivity contribution in [2.45, 2.75) is 25.3 Å². The van der Waals surface area contributed by atoms with Gasteiger partial charge < -0.3 is 15.4 Å². The molecule has 1 atom stereocenters. The van der Waals surface area contributed by atoms with E-state index < -0.39 is 0 Å². The molecule has 0 radical (unpaired) electrons. The monoisotopic (exact) mass is 248 g/mol. The summed E-state index contributed by atoms with van der Waals surface area (Å²) in [5, 5.41) is 0. The van der Waals surface area contributed by atoms with Crippen LogP contribution in [0.1, 0.15) is 30.9 Å². The highest BCUT2D eigenvalue weighted by atomic mass is 16.5. The van der Waals surface area contributed by atoms with Crippen LogP contribution in [0, 0.1) is 5.92 Å². The lowest BCUT2D eigenvalue weighted by molar-refractivity contribution is 0.197. The van der Waals surface area contributed by atoms with Crippen LogP contribution in [-0.2, 0) is 0 Å². The van der Waals surface area contributed by atoms with E-state index in [0.717, 1.165) is 23.8 Å². The van der Waals surface area contributed by atoms with Gasteiger partial charge in [0.2, 0.25) is 0 Å². The lowest BCUT2D eigenvalue weighted by Gasteiger charge is -2.31. The fourth-order valence-electron chi connectivity index (χ4n) is 2.60. The van der Waals surface area contributed by atoms with Gasteiger partial charge >= 0.3 is 0 Å². The van der Waals surface area contributed by atoms with Crippen LogP contribution in [0.3, 0.4) is 0 Å². The van der Waals surface area contributed by atoms with Crippen molar-refractivity contribution in [1.82, 2.24) is 4.90 Å². The highest BCUT2D eigenvalue weighted by molar-refractivity contribution is 5.35. The van der Waals surface area contributed by atoms with E-state index in [4.69, 9.17) is 10.5 Å². The van der Waals surface area contributed by atoms with Crippen molar-refractivity contribution in [3.8, 4) is 5.75 Å². The summed E-state index contributed by atoms with van der Waals surface area (Å²) in [5.41, 5.74) is 7.38. The summed E-state index contributed by atoms with van der Waals surface area (Å²) in [4.78, 5) is 2.35. The van der Waals surface area contributed by atoms with E-state index in [9.17, 15) is 0 Å². The quantitative estimate of drug-likeness (QED) is 0.840. The molecule has 1 saturated carbocycles. The van der Waals surface area contributed by atoms with E-state index in [0.29, 0.717) is 0 Å². The fourth-order valence-corrected chi connectivity index (χ4v) is 2.60. The smallest absolute Gasteiger partial charge is 0.123 e. The fraction of sp³-hybridized carbons (Fsp3) is 0.600. The maximum atomic E-state index is 6.29. The van der Waals surface area contributed by atoms with Crippen LogP contribution in [0.15, 0.2) is 24.3 Å². The van der Waals surface area contributed by atoms with Crippen LogP contribution in [0.25, 0.3) is 0 Å². The molecule has 3 nitrogen and oxygen atoms in total. The third-order valence-electron chi connectivity index (χ3n) is 3.84. The number of nitrogens with two attached hydrogens (primary N) is 1. The van der Waals surface area contributed by atoms with E-state index in [2.05, 4.69) is 18.0 Å². The summed E-state index contributed by atoms with van der Waals surface area (Å²) in [6.07, 6.45) is 4.17. The third kappa shape index (κ3) is 3.24. The van der Waals surface area contributed by atoms with Crippen molar-refractivity contribution < 1.29 is 4.74 Å². The summed E-state index contributed by atoms with van der Waals surface area (Å²) < 4.78 is 5.36. The number of rotatable bonds is 6. The number of para-hydroxylation sites is 1. The number of methoxy groups -OCH3 is 1. The number of likely N-dealkylation sites (N-methyl/N-ethyl adjacent to an activating group) is 1. The standard InChI is InChI=1S/C15H24N2O/c1-17(10-12-6-5-7-12)11-14(16)13-8-3-4-9-15(13)18-2/h3-4,8-9,12,14H,5-7,10-11,16H2,1-2H3. The molecule has 1 aromatic carbocycles. The first-order valence-corrected chi connectivity index (χ1v) is 6.77. The Balaban J connectivity index is 1.91. The number of ether oxygens (including phenoxy) is 1. The number of hydrogen-bond acceptors (Lipinski definition) is 3. The van der Waals surface area contributed by atoms with E-state index in [-0.39, 0.29) is 6.04 Å². The summed E-state index contributed by atoms with van der Waals surface area (Å²) in [6.45, 7) is 2.06. The zero-order valence-electron chi connectivity index (χ0n) is 11.4. The first-order chi connectivity index (χ1) is 8.70. The minimum atomic E-state index is 0.0197. The second-order valence-electron chi connectivity index (χ2n) is 5.37. The number of benzene rings is 1. The van der Waals surface area contributed by atoms with Crippen molar-refractivity contribution >= 4 is 0 Å². The summed E-state index contributed by atoms with van der Waals surface area (Å²) >= 11 is 0. The van der Waals surface area contributed by atoms with Crippen molar-refractivity contribution in [2.24, 2.45) is 11.7 Å². The Bertz CT molecular complexity index is 377. The summed E-state index contributed by atoms with van der Waals surface area (Å²) in [5.74, 6) is 1.78. The molecule has 1 aliphatic carbocycles. The summed E-state index contributed by atoms with van der Waals surface area (Å²) in [7, 11) is 3.86. The number of hydrogen-bond donors (Lipinski definition) is 1. The SMILES string of the molecule is COc1ccccc1C(N)CN(C)CC1CCC1. The van der Waals surface area contributed by atoms with Gasteiger partial charge in [-0.25, -0.2) is 0 Å². The Labute approximate surface area is 110 Å². The predicted octanol–water partition coefficient (Wildman–Crippen LogP) is 2.43. The first-order valence-electron chi connectivity index (χ1n) is 6.77. The molecule has 18 heavy (non-hydrogen) atoms. The van der Waals surface area contributed by atoms with Crippen molar-refractivity contribution in [3.05, 3.63) is 29.8 Å². The molecular weight excluding hydrogens is 224 g/mol. The van der Waals surface area contributed by atoms with Gasteiger partial charge in [-0.15, -0.1) is 0 Å². The largest absolute Gasteiger partial charge is 0.496 e. The van der Waals surface area contributed by atoms with Crippen LogP contribution in [0.2, 0.25) is 0 Å². The van der Waals surface area contributed by atoms with Crippen molar-refractivity contribution in [2.75, 3.05) is 27.2 Å². The Morgan fingerprint density at radius 3 is 2.72 bits per heavy atom. The molecule has 1 aliphatic rings.